The molecule has 0 unspecified atom stereocenters. The van der Waals surface area contributed by atoms with Crippen LogP contribution in [0.25, 0.3) is 6.08 Å². The van der Waals surface area contributed by atoms with Crippen LogP contribution in [0.4, 0.5) is 0 Å². The fraction of sp³-hybridized carbons (Fsp3) is 0.625. The summed E-state index contributed by atoms with van der Waals surface area (Å²) in [6.45, 7) is 17.4. The van der Waals surface area contributed by atoms with Crippen molar-refractivity contribution in [2.24, 2.45) is 0 Å². The minimum Gasteiger partial charge on any atom is -0.462 e. The SMILES string of the molecule is CC[C@H]1OC(C)(C)O[C@@H]1C/C=C/c1cc(C)cc(C)c1C(=O)OCC[Si](C)(C)C. The standard InChI is InChI=1S/C24H38O4Si/c1-9-20-21(28-24(4,5)27-20)12-10-11-19-16-17(2)15-18(3)22(19)23(25)26-13-14-29(6,7)8/h10-11,15-16,20-21H,9,12-14H2,1-8H3/b11-10+/t20-,21-/m1/s1. The average molecular weight is 419 g/mol. The first kappa shape index (κ1) is 23.8. The molecule has 2 atom stereocenters. The minimum absolute atomic E-state index is 0.0318. The summed E-state index contributed by atoms with van der Waals surface area (Å²) >= 11 is 0. The molecule has 0 amide bonds. The van der Waals surface area contributed by atoms with Crippen molar-refractivity contribution in [3.8, 4) is 0 Å². The maximum atomic E-state index is 12.8. The molecule has 1 saturated heterocycles. The molecule has 29 heavy (non-hydrogen) atoms. The highest BCUT2D eigenvalue weighted by molar-refractivity contribution is 6.76. The van der Waals surface area contributed by atoms with Crippen LogP contribution >= 0.6 is 0 Å². The Morgan fingerprint density at radius 2 is 1.83 bits per heavy atom. The quantitative estimate of drug-likeness (QED) is 0.376. The highest BCUT2D eigenvalue weighted by Crippen LogP contribution is 2.32. The van der Waals surface area contributed by atoms with E-state index in [1.165, 1.54) is 0 Å². The van der Waals surface area contributed by atoms with Gasteiger partial charge in [-0.3, -0.25) is 0 Å². The van der Waals surface area contributed by atoms with Gasteiger partial charge in [0, 0.05) is 8.07 Å². The number of ether oxygens (including phenoxy) is 3. The molecular formula is C24H38O4Si. The van der Waals surface area contributed by atoms with Gasteiger partial charge in [0.25, 0.3) is 0 Å². The summed E-state index contributed by atoms with van der Waals surface area (Å²) in [5.74, 6) is -0.766. The Labute approximate surface area is 177 Å². The summed E-state index contributed by atoms with van der Waals surface area (Å²) in [6, 6.07) is 5.06. The molecule has 1 aliphatic heterocycles. The van der Waals surface area contributed by atoms with Crippen molar-refractivity contribution in [3.63, 3.8) is 0 Å². The van der Waals surface area contributed by atoms with E-state index in [0.717, 1.165) is 35.6 Å². The van der Waals surface area contributed by atoms with Gasteiger partial charge in [-0.1, -0.05) is 56.4 Å². The maximum Gasteiger partial charge on any atom is 0.338 e. The van der Waals surface area contributed by atoms with E-state index in [-0.39, 0.29) is 18.2 Å². The first-order chi connectivity index (χ1) is 13.4. The molecule has 1 aromatic carbocycles. The summed E-state index contributed by atoms with van der Waals surface area (Å²) in [7, 11) is -1.24. The third kappa shape index (κ3) is 7.09. The van der Waals surface area contributed by atoms with Gasteiger partial charge in [-0.25, -0.2) is 4.79 Å². The summed E-state index contributed by atoms with van der Waals surface area (Å²) < 4.78 is 17.6. The van der Waals surface area contributed by atoms with Crippen molar-refractivity contribution < 1.29 is 19.0 Å². The molecule has 0 radical (unpaired) electrons. The number of hydrogen-bond acceptors (Lipinski definition) is 4. The fourth-order valence-electron chi connectivity index (χ4n) is 3.72. The van der Waals surface area contributed by atoms with Gasteiger partial charge in [0.1, 0.15) is 0 Å². The molecule has 1 heterocycles. The Balaban J connectivity index is 2.13. The monoisotopic (exact) mass is 418 g/mol. The van der Waals surface area contributed by atoms with E-state index in [0.29, 0.717) is 12.2 Å². The molecule has 0 aromatic heterocycles. The molecule has 1 fully saturated rings. The van der Waals surface area contributed by atoms with Crippen LogP contribution in [0.5, 0.6) is 0 Å². The number of rotatable bonds is 8. The van der Waals surface area contributed by atoms with Crippen LogP contribution in [-0.4, -0.2) is 38.6 Å². The molecule has 0 saturated carbocycles. The van der Waals surface area contributed by atoms with E-state index in [1.807, 2.05) is 45.9 Å². The molecule has 2 rings (SSSR count). The van der Waals surface area contributed by atoms with Gasteiger partial charge in [0.2, 0.25) is 0 Å². The Kier molecular flexibility index (Phi) is 7.88. The molecular weight excluding hydrogens is 380 g/mol. The Morgan fingerprint density at radius 3 is 2.45 bits per heavy atom. The van der Waals surface area contributed by atoms with Crippen LogP contribution in [0.2, 0.25) is 25.7 Å². The normalized spacial score (nSPS) is 21.7. The second-order valence-electron chi connectivity index (χ2n) is 9.75. The van der Waals surface area contributed by atoms with Crippen molar-refractivity contribution in [3.05, 3.63) is 40.5 Å². The molecule has 1 aliphatic rings. The summed E-state index contributed by atoms with van der Waals surface area (Å²) in [6.07, 6.45) is 5.91. The van der Waals surface area contributed by atoms with E-state index >= 15 is 0 Å². The topological polar surface area (TPSA) is 44.8 Å². The van der Waals surface area contributed by atoms with Gasteiger partial charge < -0.3 is 14.2 Å². The Morgan fingerprint density at radius 1 is 1.17 bits per heavy atom. The third-order valence-electron chi connectivity index (χ3n) is 5.15. The number of carbonyl (C=O) groups excluding carboxylic acids is 1. The van der Waals surface area contributed by atoms with Gasteiger partial charge in [-0.2, -0.15) is 0 Å². The van der Waals surface area contributed by atoms with Crippen LogP contribution in [0, 0.1) is 13.8 Å². The lowest BCUT2D eigenvalue weighted by Crippen LogP contribution is -2.23. The summed E-state index contributed by atoms with van der Waals surface area (Å²) in [4.78, 5) is 12.8. The van der Waals surface area contributed by atoms with Crippen molar-refractivity contribution in [1.82, 2.24) is 0 Å². The lowest BCUT2D eigenvalue weighted by Gasteiger charge is -2.17. The Hall–Kier alpha value is -1.43. The Bertz CT molecular complexity index is 746. The zero-order chi connectivity index (χ0) is 21.8. The number of aryl methyl sites for hydroxylation is 2. The molecule has 5 heteroatoms. The van der Waals surface area contributed by atoms with E-state index in [4.69, 9.17) is 14.2 Å². The van der Waals surface area contributed by atoms with Crippen LogP contribution in [0.3, 0.4) is 0 Å². The van der Waals surface area contributed by atoms with Crippen LogP contribution in [0.1, 0.15) is 60.7 Å². The smallest absolute Gasteiger partial charge is 0.338 e. The highest BCUT2D eigenvalue weighted by Gasteiger charge is 2.39. The predicted molar refractivity (Wildman–Crippen MR) is 122 cm³/mol. The average Bonchev–Trinajstić information content (AvgIpc) is 2.87. The molecule has 0 N–H and O–H groups in total. The lowest BCUT2D eigenvalue weighted by molar-refractivity contribution is -0.146. The molecule has 162 valence electrons. The second kappa shape index (κ2) is 9.58. The van der Waals surface area contributed by atoms with Crippen LogP contribution in [0.15, 0.2) is 18.2 Å². The van der Waals surface area contributed by atoms with Gasteiger partial charge in [0.05, 0.1) is 24.4 Å². The van der Waals surface area contributed by atoms with Crippen molar-refractivity contribution >= 4 is 20.1 Å². The van der Waals surface area contributed by atoms with Gasteiger partial charge >= 0.3 is 5.97 Å². The number of hydrogen-bond donors (Lipinski definition) is 0. The first-order valence-electron chi connectivity index (χ1n) is 10.7. The van der Waals surface area contributed by atoms with Crippen molar-refractivity contribution in [1.29, 1.82) is 0 Å². The van der Waals surface area contributed by atoms with Gasteiger partial charge in [-0.05, 0) is 57.7 Å². The number of benzene rings is 1. The highest BCUT2D eigenvalue weighted by atomic mass is 28.3. The third-order valence-corrected chi connectivity index (χ3v) is 6.86. The fourth-order valence-corrected chi connectivity index (χ4v) is 4.43. The second-order valence-corrected chi connectivity index (χ2v) is 15.4. The molecule has 4 nitrogen and oxygen atoms in total. The maximum absolute atomic E-state index is 12.8. The minimum atomic E-state index is -1.24. The predicted octanol–water partition coefficient (Wildman–Crippen LogP) is 6.13. The van der Waals surface area contributed by atoms with E-state index in [9.17, 15) is 4.79 Å². The first-order valence-corrected chi connectivity index (χ1v) is 14.4. The zero-order valence-electron chi connectivity index (χ0n) is 19.4. The van der Waals surface area contributed by atoms with Gasteiger partial charge in [0.15, 0.2) is 5.79 Å². The molecule has 0 aliphatic carbocycles. The zero-order valence-corrected chi connectivity index (χ0v) is 20.4. The van der Waals surface area contributed by atoms with Gasteiger partial charge in [-0.15, -0.1) is 0 Å². The number of carbonyl (C=O) groups is 1. The summed E-state index contributed by atoms with van der Waals surface area (Å²) in [5.41, 5.74) is 3.66. The van der Waals surface area contributed by atoms with E-state index in [2.05, 4.69) is 32.6 Å². The molecule has 1 aromatic rings. The molecule has 0 bridgehead atoms. The van der Waals surface area contributed by atoms with E-state index in [1.54, 1.807) is 0 Å². The van der Waals surface area contributed by atoms with Crippen LogP contribution < -0.4 is 0 Å². The molecule has 0 spiro atoms. The van der Waals surface area contributed by atoms with Crippen LogP contribution in [-0.2, 0) is 14.2 Å². The van der Waals surface area contributed by atoms with E-state index < -0.39 is 13.9 Å². The van der Waals surface area contributed by atoms with Crippen molar-refractivity contribution in [2.45, 2.75) is 91.1 Å². The number of esters is 1. The largest absolute Gasteiger partial charge is 0.462 e. The summed E-state index contributed by atoms with van der Waals surface area (Å²) in [5, 5.41) is 0. The lowest BCUT2D eigenvalue weighted by atomic mass is 9.98. The van der Waals surface area contributed by atoms with Crippen molar-refractivity contribution in [2.75, 3.05) is 6.61 Å².